The second-order valence-corrected chi connectivity index (χ2v) is 5.64. The summed E-state index contributed by atoms with van der Waals surface area (Å²) in [7, 11) is 2.10. The van der Waals surface area contributed by atoms with Crippen LogP contribution in [0.15, 0.2) is 0 Å². The van der Waals surface area contributed by atoms with Gasteiger partial charge in [0, 0.05) is 31.3 Å². The second kappa shape index (κ2) is 6.58. The van der Waals surface area contributed by atoms with E-state index < -0.39 is 0 Å². The van der Waals surface area contributed by atoms with Gasteiger partial charge >= 0.3 is 0 Å². The molecule has 0 aromatic carbocycles. The third-order valence-electron chi connectivity index (χ3n) is 3.14. The van der Waals surface area contributed by atoms with E-state index in [0.717, 1.165) is 37.7 Å². The molecule has 2 unspecified atom stereocenters. The van der Waals surface area contributed by atoms with Gasteiger partial charge in [-0.05, 0) is 13.5 Å². The summed E-state index contributed by atoms with van der Waals surface area (Å²) in [6.07, 6.45) is 1.16. The molecule has 0 aromatic rings. The smallest absolute Gasteiger partial charge is 0.238 e. The van der Waals surface area contributed by atoms with Crippen LogP contribution < -0.4 is 10.6 Å². The average molecular weight is 259 g/mol. The van der Waals surface area contributed by atoms with E-state index in [2.05, 4.69) is 22.6 Å². The Morgan fingerprint density at radius 3 is 3.24 bits per heavy atom. The molecule has 0 aliphatic carbocycles. The first-order valence-corrected chi connectivity index (χ1v) is 7.30. The number of thioether (sulfide) groups is 1. The van der Waals surface area contributed by atoms with Crippen molar-refractivity contribution in [3.63, 3.8) is 0 Å². The minimum atomic E-state index is -0.00468. The molecule has 6 heteroatoms. The first kappa shape index (κ1) is 13.1. The molecule has 2 aliphatic heterocycles. The van der Waals surface area contributed by atoms with Gasteiger partial charge in [0.05, 0.1) is 18.8 Å². The molecule has 0 radical (unpaired) electrons. The maximum absolute atomic E-state index is 11.7. The van der Waals surface area contributed by atoms with Gasteiger partial charge in [0.15, 0.2) is 0 Å². The van der Waals surface area contributed by atoms with Crippen LogP contribution in [0.2, 0.25) is 0 Å². The van der Waals surface area contributed by atoms with Crippen LogP contribution in [-0.4, -0.2) is 67.9 Å². The number of morpholine rings is 1. The lowest BCUT2D eigenvalue weighted by Crippen LogP contribution is -2.45. The van der Waals surface area contributed by atoms with Gasteiger partial charge in [-0.3, -0.25) is 10.1 Å². The summed E-state index contributed by atoms with van der Waals surface area (Å²) in [5.74, 6) is 1.89. The van der Waals surface area contributed by atoms with Gasteiger partial charge in [0.2, 0.25) is 5.91 Å². The fraction of sp³-hybridized carbons (Fsp3) is 0.909. The van der Waals surface area contributed by atoms with Crippen LogP contribution in [0, 0.1) is 0 Å². The lowest BCUT2D eigenvalue weighted by atomic mass is 10.2. The molecular weight excluding hydrogens is 238 g/mol. The Morgan fingerprint density at radius 2 is 2.53 bits per heavy atom. The van der Waals surface area contributed by atoms with Gasteiger partial charge in [-0.15, -0.1) is 11.8 Å². The standard InChI is InChI=1S/C11H21N3O2S/c1-14-4-5-16-9(6-14)2-3-12-11(15)10-7-17-8-13-10/h9-10,13H,2-8H2,1H3,(H,12,15). The number of ether oxygens (including phenoxy) is 1. The minimum absolute atomic E-state index is 0.00468. The normalized spacial score (nSPS) is 30.4. The van der Waals surface area contributed by atoms with E-state index in [-0.39, 0.29) is 18.1 Å². The van der Waals surface area contributed by atoms with Crippen molar-refractivity contribution in [1.82, 2.24) is 15.5 Å². The summed E-state index contributed by atoms with van der Waals surface area (Å²) in [6.45, 7) is 3.48. The molecule has 5 nitrogen and oxygen atoms in total. The van der Waals surface area contributed by atoms with Crippen LogP contribution >= 0.6 is 11.8 Å². The zero-order valence-electron chi connectivity index (χ0n) is 10.3. The van der Waals surface area contributed by atoms with Gasteiger partial charge in [-0.25, -0.2) is 0 Å². The first-order chi connectivity index (χ1) is 8.25. The van der Waals surface area contributed by atoms with Gasteiger partial charge in [0.25, 0.3) is 0 Å². The molecule has 2 atom stereocenters. The molecule has 0 aromatic heterocycles. The van der Waals surface area contributed by atoms with E-state index in [9.17, 15) is 4.79 Å². The molecule has 2 fully saturated rings. The first-order valence-electron chi connectivity index (χ1n) is 6.14. The quantitative estimate of drug-likeness (QED) is 0.712. The molecule has 0 saturated carbocycles. The Kier molecular flexibility index (Phi) is 5.09. The number of hydrogen-bond donors (Lipinski definition) is 2. The maximum atomic E-state index is 11.7. The van der Waals surface area contributed by atoms with E-state index in [0.29, 0.717) is 6.54 Å². The number of likely N-dealkylation sites (N-methyl/N-ethyl adjacent to an activating group) is 1. The predicted octanol–water partition coefficient (Wildman–Crippen LogP) is -0.514. The highest BCUT2D eigenvalue weighted by Crippen LogP contribution is 2.09. The predicted molar refractivity (Wildman–Crippen MR) is 69.1 cm³/mol. The van der Waals surface area contributed by atoms with Crippen LogP contribution in [-0.2, 0) is 9.53 Å². The average Bonchev–Trinajstić information content (AvgIpc) is 2.82. The Labute approximate surface area is 107 Å². The van der Waals surface area contributed by atoms with Crippen LogP contribution in [0.3, 0.4) is 0 Å². The molecule has 2 heterocycles. The molecule has 2 aliphatic rings. The molecule has 98 valence electrons. The summed E-state index contributed by atoms with van der Waals surface area (Å²) >= 11 is 1.77. The molecule has 1 amide bonds. The van der Waals surface area contributed by atoms with Crippen molar-refractivity contribution in [1.29, 1.82) is 0 Å². The zero-order chi connectivity index (χ0) is 12.1. The van der Waals surface area contributed by atoms with Gasteiger partial charge in [-0.1, -0.05) is 0 Å². The van der Waals surface area contributed by atoms with Crippen LogP contribution in [0.25, 0.3) is 0 Å². The number of nitrogens with one attached hydrogen (secondary N) is 2. The molecular formula is C11H21N3O2S. The van der Waals surface area contributed by atoms with Crippen LogP contribution in [0.1, 0.15) is 6.42 Å². The number of hydrogen-bond acceptors (Lipinski definition) is 5. The summed E-state index contributed by atoms with van der Waals surface area (Å²) in [5.41, 5.74) is 0. The highest BCUT2D eigenvalue weighted by molar-refractivity contribution is 7.99. The number of carbonyl (C=O) groups is 1. The Balaban J connectivity index is 1.60. The molecule has 0 spiro atoms. The van der Waals surface area contributed by atoms with E-state index in [4.69, 9.17) is 4.74 Å². The van der Waals surface area contributed by atoms with Gasteiger partial charge in [0.1, 0.15) is 0 Å². The monoisotopic (exact) mass is 259 g/mol. The fourth-order valence-corrected chi connectivity index (χ4v) is 3.03. The SMILES string of the molecule is CN1CCOC(CCNC(=O)C2CSCN2)C1. The molecule has 0 bridgehead atoms. The summed E-state index contributed by atoms with van der Waals surface area (Å²) in [6, 6.07) is -0.00468. The third-order valence-corrected chi connectivity index (χ3v) is 4.08. The van der Waals surface area contributed by atoms with E-state index in [1.54, 1.807) is 11.8 Å². The summed E-state index contributed by atoms with van der Waals surface area (Å²) in [5, 5.41) is 6.14. The van der Waals surface area contributed by atoms with Crippen molar-refractivity contribution < 1.29 is 9.53 Å². The van der Waals surface area contributed by atoms with E-state index >= 15 is 0 Å². The summed E-state index contributed by atoms with van der Waals surface area (Å²) in [4.78, 5) is 14.0. The minimum Gasteiger partial charge on any atom is -0.375 e. The van der Waals surface area contributed by atoms with Crippen molar-refractivity contribution >= 4 is 17.7 Å². The van der Waals surface area contributed by atoms with Crippen LogP contribution in [0.5, 0.6) is 0 Å². The van der Waals surface area contributed by atoms with Crippen LogP contribution in [0.4, 0.5) is 0 Å². The largest absolute Gasteiger partial charge is 0.375 e. The molecule has 2 rings (SSSR count). The Hall–Kier alpha value is -0.300. The Morgan fingerprint density at radius 1 is 1.65 bits per heavy atom. The molecule has 2 N–H and O–H groups in total. The van der Waals surface area contributed by atoms with Crippen molar-refractivity contribution in [3.05, 3.63) is 0 Å². The number of nitrogens with zero attached hydrogens (tertiary/aromatic N) is 1. The number of amides is 1. The van der Waals surface area contributed by atoms with Crippen molar-refractivity contribution in [2.75, 3.05) is 44.9 Å². The second-order valence-electron chi connectivity index (χ2n) is 4.61. The Bertz CT molecular complexity index is 259. The summed E-state index contributed by atoms with van der Waals surface area (Å²) < 4.78 is 5.64. The van der Waals surface area contributed by atoms with Crippen molar-refractivity contribution in [3.8, 4) is 0 Å². The van der Waals surface area contributed by atoms with Crippen molar-refractivity contribution in [2.45, 2.75) is 18.6 Å². The molecule has 17 heavy (non-hydrogen) atoms. The zero-order valence-corrected chi connectivity index (χ0v) is 11.1. The highest BCUT2D eigenvalue weighted by Gasteiger charge is 2.23. The maximum Gasteiger partial charge on any atom is 0.238 e. The lowest BCUT2D eigenvalue weighted by molar-refractivity contribution is -0.122. The highest BCUT2D eigenvalue weighted by atomic mass is 32.2. The molecule has 2 saturated heterocycles. The number of carbonyl (C=O) groups excluding carboxylic acids is 1. The van der Waals surface area contributed by atoms with Gasteiger partial charge in [-0.2, -0.15) is 0 Å². The fourth-order valence-electron chi connectivity index (χ4n) is 2.08. The van der Waals surface area contributed by atoms with E-state index in [1.807, 2.05) is 0 Å². The number of rotatable bonds is 4. The topological polar surface area (TPSA) is 53.6 Å². The third kappa shape index (κ3) is 4.13. The van der Waals surface area contributed by atoms with Crippen molar-refractivity contribution in [2.24, 2.45) is 0 Å². The van der Waals surface area contributed by atoms with Gasteiger partial charge < -0.3 is 15.0 Å². The van der Waals surface area contributed by atoms with E-state index in [1.165, 1.54) is 0 Å². The lowest BCUT2D eigenvalue weighted by Gasteiger charge is -2.30.